The number of benzene rings is 2. The zero-order valence-corrected chi connectivity index (χ0v) is 20.9. The number of aromatic nitrogens is 2. The molecule has 2 unspecified atom stereocenters. The van der Waals surface area contributed by atoms with E-state index in [1.54, 1.807) is 18.2 Å². The SMILES string of the molecule is CC1CN(C(=O)[C@H]2CC[C@H](NS(=O)(=O)c3ccc4[nH]c(-c5ccccc5)nc4c3)CC2)CC(C)O1. The molecule has 2 aliphatic rings. The highest BCUT2D eigenvalue weighted by Crippen LogP contribution is 2.29. The molecule has 0 spiro atoms. The van der Waals surface area contributed by atoms with E-state index in [4.69, 9.17) is 4.74 Å². The lowest BCUT2D eigenvalue weighted by Gasteiger charge is -2.38. The minimum Gasteiger partial charge on any atom is -0.372 e. The van der Waals surface area contributed by atoms with Gasteiger partial charge in [0.2, 0.25) is 15.9 Å². The topological polar surface area (TPSA) is 104 Å². The zero-order valence-electron chi connectivity index (χ0n) is 20.1. The van der Waals surface area contributed by atoms with Crippen LogP contribution >= 0.6 is 0 Å². The minimum absolute atomic E-state index is 0.0430. The van der Waals surface area contributed by atoms with E-state index in [2.05, 4.69) is 14.7 Å². The highest BCUT2D eigenvalue weighted by molar-refractivity contribution is 7.89. The van der Waals surface area contributed by atoms with Crippen molar-refractivity contribution >= 4 is 27.0 Å². The number of nitrogens with one attached hydrogen (secondary N) is 2. The van der Waals surface area contributed by atoms with Crippen molar-refractivity contribution in [3.05, 3.63) is 48.5 Å². The van der Waals surface area contributed by atoms with Gasteiger partial charge in [-0.1, -0.05) is 30.3 Å². The number of morpholine rings is 1. The Kier molecular flexibility index (Phi) is 6.65. The Labute approximate surface area is 206 Å². The Hall–Kier alpha value is -2.75. The van der Waals surface area contributed by atoms with Crippen LogP contribution in [0.4, 0.5) is 0 Å². The van der Waals surface area contributed by atoms with Gasteiger partial charge in [-0.3, -0.25) is 4.79 Å². The fourth-order valence-corrected chi connectivity index (χ4v) is 6.57. The van der Waals surface area contributed by atoms with Gasteiger partial charge in [0, 0.05) is 30.6 Å². The van der Waals surface area contributed by atoms with Crippen LogP contribution in [0.2, 0.25) is 0 Å². The number of rotatable bonds is 5. The van der Waals surface area contributed by atoms with Gasteiger partial charge in [0.05, 0.1) is 28.1 Å². The molecular weight excluding hydrogens is 464 g/mol. The smallest absolute Gasteiger partial charge is 0.240 e. The molecule has 5 rings (SSSR count). The van der Waals surface area contributed by atoms with Gasteiger partial charge in [0.15, 0.2) is 0 Å². The van der Waals surface area contributed by atoms with E-state index in [9.17, 15) is 13.2 Å². The average Bonchev–Trinajstić information content (AvgIpc) is 3.27. The van der Waals surface area contributed by atoms with E-state index in [1.807, 2.05) is 49.1 Å². The number of aromatic amines is 1. The van der Waals surface area contributed by atoms with Crippen molar-refractivity contribution in [3.63, 3.8) is 0 Å². The minimum atomic E-state index is -3.70. The average molecular weight is 497 g/mol. The number of sulfonamides is 1. The molecule has 35 heavy (non-hydrogen) atoms. The van der Waals surface area contributed by atoms with Gasteiger partial charge >= 0.3 is 0 Å². The summed E-state index contributed by atoms with van der Waals surface area (Å²) >= 11 is 0. The molecule has 2 heterocycles. The first-order valence-electron chi connectivity index (χ1n) is 12.3. The number of H-pyrrole nitrogens is 1. The molecule has 1 aliphatic carbocycles. The summed E-state index contributed by atoms with van der Waals surface area (Å²) in [5.41, 5.74) is 2.34. The molecule has 8 nitrogen and oxygen atoms in total. The van der Waals surface area contributed by atoms with E-state index >= 15 is 0 Å². The Bertz CT molecular complexity index is 1290. The predicted octanol–water partition coefficient (Wildman–Crippen LogP) is 3.70. The second kappa shape index (κ2) is 9.72. The standard InChI is InChI=1S/C26H32N4O4S/c1-17-15-30(16-18(2)34-17)26(31)20-8-10-21(11-9-20)29-35(32,33)22-12-13-23-24(14-22)28-25(27-23)19-6-4-3-5-7-19/h3-7,12-14,17-18,20-21,29H,8-11,15-16H2,1-2H3,(H,27,28)/t17?,18?,20-,21-. The molecule has 2 aromatic carbocycles. The molecule has 1 aromatic heterocycles. The van der Waals surface area contributed by atoms with Crippen LogP contribution in [0.5, 0.6) is 0 Å². The Morgan fingerprint density at radius 2 is 1.71 bits per heavy atom. The van der Waals surface area contributed by atoms with Crippen LogP contribution in [-0.2, 0) is 19.6 Å². The van der Waals surface area contributed by atoms with Crippen molar-refractivity contribution < 1.29 is 17.9 Å². The monoisotopic (exact) mass is 496 g/mol. The van der Waals surface area contributed by atoms with Gasteiger partial charge in [0.25, 0.3) is 0 Å². The zero-order chi connectivity index (χ0) is 24.6. The molecule has 1 aliphatic heterocycles. The highest BCUT2D eigenvalue weighted by atomic mass is 32.2. The van der Waals surface area contributed by atoms with Crippen LogP contribution in [0.25, 0.3) is 22.4 Å². The van der Waals surface area contributed by atoms with Crippen molar-refractivity contribution in [2.24, 2.45) is 5.92 Å². The summed E-state index contributed by atoms with van der Waals surface area (Å²) in [5.74, 6) is 0.826. The fourth-order valence-electron chi connectivity index (χ4n) is 5.25. The molecule has 0 radical (unpaired) electrons. The van der Waals surface area contributed by atoms with E-state index in [1.165, 1.54) is 0 Å². The molecule has 9 heteroatoms. The molecule has 0 bridgehead atoms. The van der Waals surface area contributed by atoms with Crippen molar-refractivity contribution in [1.82, 2.24) is 19.6 Å². The molecule has 2 fully saturated rings. The first-order valence-corrected chi connectivity index (χ1v) is 13.8. The fraction of sp³-hybridized carbons (Fsp3) is 0.462. The normalized spacial score (nSPS) is 25.6. The van der Waals surface area contributed by atoms with Crippen molar-refractivity contribution in [1.29, 1.82) is 0 Å². The quantitative estimate of drug-likeness (QED) is 0.561. The summed E-state index contributed by atoms with van der Waals surface area (Å²) in [7, 11) is -3.70. The highest BCUT2D eigenvalue weighted by Gasteiger charge is 2.34. The first-order chi connectivity index (χ1) is 16.8. The van der Waals surface area contributed by atoms with E-state index < -0.39 is 10.0 Å². The van der Waals surface area contributed by atoms with Crippen LogP contribution in [0.3, 0.4) is 0 Å². The summed E-state index contributed by atoms with van der Waals surface area (Å²) in [6, 6.07) is 14.5. The van der Waals surface area contributed by atoms with Gasteiger partial charge < -0.3 is 14.6 Å². The molecule has 2 N–H and O–H groups in total. The number of hydrogen-bond acceptors (Lipinski definition) is 5. The summed E-state index contributed by atoms with van der Waals surface area (Å²) in [6.07, 6.45) is 2.75. The second-order valence-corrected chi connectivity index (χ2v) is 11.5. The summed E-state index contributed by atoms with van der Waals surface area (Å²) in [5, 5.41) is 0. The lowest BCUT2D eigenvalue weighted by molar-refractivity contribution is -0.148. The van der Waals surface area contributed by atoms with E-state index in [0.717, 1.165) is 11.1 Å². The van der Waals surface area contributed by atoms with Crippen LogP contribution < -0.4 is 4.72 Å². The number of nitrogens with zero attached hydrogens (tertiary/aromatic N) is 2. The summed E-state index contributed by atoms with van der Waals surface area (Å²) in [6.45, 7) is 5.23. The van der Waals surface area contributed by atoms with Crippen molar-refractivity contribution in [2.45, 2.75) is 62.7 Å². The predicted molar refractivity (Wildman–Crippen MR) is 134 cm³/mol. The third-order valence-corrected chi connectivity index (χ3v) is 8.46. The summed E-state index contributed by atoms with van der Waals surface area (Å²) in [4.78, 5) is 23.0. The van der Waals surface area contributed by atoms with Crippen LogP contribution in [0.15, 0.2) is 53.4 Å². The number of imidazole rings is 1. The van der Waals surface area contributed by atoms with Crippen LogP contribution in [0.1, 0.15) is 39.5 Å². The van der Waals surface area contributed by atoms with Crippen LogP contribution in [-0.4, -0.2) is 60.5 Å². The first kappa shape index (κ1) is 24.0. The largest absolute Gasteiger partial charge is 0.372 e. The van der Waals surface area contributed by atoms with Gasteiger partial charge in [-0.2, -0.15) is 0 Å². The number of carbonyl (C=O) groups is 1. The Balaban J connectivity index is 1.22. The molecule has 1 saturated carbocycles. The molecule has 3 aromatic rings. The molecule has 186 valence electrons. The number of carbonyl (C=O) groups excluding carboxylic acids is 1. The van der Waals surface area contributed by atoms with Crippen molar-refractivity contribution in [3.8, 4) is 11.4 Å². The molecule has 1 amide bonds. The third kappa shape index (κ3) is 5.27. The van der Waals surface area contributed by atoms with Crippen molar-refractivity contribution in [2.75, 3.05) is 13.1 Å². The lowest BCUT2D eigenvalue weighted by Crippen LogP contribution is -2.51. The molecule has 2 atom stereocenters. The maximum absolute atomic E-state index is 13.1. The maximum atomic E-state index is 13.1. The molecular formula is C26H32N4O4S. The van der Waals surface area contributed by atoms with Gasteiger partial charge in [0.1, 0.15) is 5.82 Å². The molecule has 1 saturated heterocycles. The Morgan fingerprint density at radius 1 is 1.03 bits per heavy atom. The lowest BCUT2D eigenvalue weighted by atomic mass is 9.85. The Morgan fingerprint density at radius 3 is 2.40 bits per heavy atom. The number of hydrogen-bond donors (Lipinski definition) is 2. The number of amides is 1. The number of ether oxygens (including phenoxy) is 1. The number of fused-ring (bicyclic) bond motifs is 1. The van der Waals surface area contributed by atoms with Gasteiger partial charge in [-0.25, -0.2) is 18.1 Å². The second-order valence-electron chi connectivity index (χ2n) is 9.80. The van der Waals surface area contributed by atoms with E-state index in [0.29, 0.717) is 50.1 Å². The third-order valence-electron chi connectivity index (χ3n) is 6.94. The van der Waals surface area contributed by atoms with Crippen LogP contribution in [0, 0.1) is 5.92 Å². The van der Waals surface area contributed by atoms with Gasteiger partial charge in [-0.05, 0) is 57.7 Å². The summed E-state index contributed by atoms with van der Waals surface area (Å²) < 4.78 is 34.8. The van der Waals surface area contributed by atoms with Gasteiger partial charge in [-0.15, -0.1) is 0 Å². The van der Waals surface area contributed by atoms with E-state index in [-0.39, 0.29) is 35.0 Å². The maximum Gasteiger partial charge on any atom is 0.240 e.